The summed E-state index contributed by atoms with van der Waals surface area (Å²) in [4.78, 5) is 2.83. The molecule has 1 N–H and O–H groups in total. The highest BCUT2D eigenvalue weighted by Gasteiger charge is 2.08. The largest absolute Gasteiger partial charge is 0.309 e. The third kappa shape index (κ3) is 4.23. The van der Waals surface area contributed by atoms with Crippen molar-refractivity contribution in [3.63, 3.8) is 0 Å². The zero-order valence-electron chi connectivity index (χ0n) is 11.7. The van der Waals surface area contributed by atoms with Crippen molar-refractivity contribution < 1.29 is 0 Å². The second-order valence-corrected chi connectivity index (χ2v) is 6.86. The van der Waals surface area contributed by atoms with Gasteiger partial charge in [-0.1, -0.05) is 36.2 Å². The van der Waals surface area contributed by atoms with Crippen molar-refractivity contribution in [3.05, 3.63) is 55.7 Å². The van der Waals surface area contributed by atoms with E-state index in [0.717, 1.165) is 30.0 Å². The molecule has 0 spiro atoms. The van der Waals surface area contributed by atoms with Crippen molar-refractivity contribution in [1.82, 2.24) is 5.32 Å². The van der Waals surface area contributed by atoms with Crippen molar-refractivity contribution in [3.8, 4) is 0 Å². The van der Waals surface area contributed by atoms with Crippen LogP contribution in [0.25, 0.3) is 0 Å². The van der Waals surface area contributed by atoms with E-state index in [1.165, 1.54) is 9.75 Å². The zero-order chi connectivity index (χ0) is 14.5. The maximum Gasteiger partial charge on any atom is 0.0453 e. The monoisotopic (exact) mass is 327 g/mol. The molecule has 1 unspecified atom stereocenters. The van der Waals surface area contributed by atoms with Gasteiger partial charge in [0.25, 0.3) is 0 Å². The number of hydrogen-bond donors (Lipinski definition) is 1. The minimum absolute atomic E-state index is 0.381. The van der Waals surface area contributed by atoms with Gasteiger partial charge in [-0.3, -0.25) is 0 Å². The fourth-order valence-corrected chi connectivity index (χ4v) is 3.55. The molecule has 1 aromatic heterocycles. The Morgan fingerprint density at radius 3 is 2.65 bits per heavy atom. The topological polar surface area (TPSA) is 12.0 Å². The summed E-state index contributed by atoms with van der Waals surface area (Å²) in [5.74, 6) is 0. The molecule has 0 bridgehead atoms. The molecule has 1 nitrogen and oxygen atoms in total. The predicted molar refractivity (Wildman–Crippen MR) is 90.3 cm³/mol. The first-order valence-electron chi connectivity index (χ1n) is 6.86. The molecule has 1 heterocycles. The molecule has 0 aliphatic carbocycles. The average Bonchev–Trinajstić information content (AvgIpc) is 2.90. The molecule has 2 rings (SSSR count). The molecule has 0 saturated heterocycles. The first-order valence-corrected chi connectivity index (χ1v) is 8.43. The zero-order valence-corrected chi connectivity index (χ0v) is 14.1. The quantitative estimate of drug-likeness (QED) is 0.737. The van der Waals surface area contributed by atoms with Crippen LogP contribution < -0.4 is 5.32 Å². The van der Waals surface area contributed by atoms with Gasteiger partial charge in [0.15, 0.2) is 0 Å². The van der Waals surface area contributed by atoms with Crippen LogP contribution in [0.1, 0.15) is 35.2 Å². The summed E-state index contributed by atoms with van der Waals surface area (Å²) in [6, 6.07) is 10.5. The molecule has 0 fully saturated rings. The summed E-state index contributed by atoms with van der Waals surface area (Å²) >= 11 is 14.0. The molecule has 0 radical (unpaired) electrons. The Labute approximate surface area is 134 Å². The van der Waals surface area contributed by atoms with Crippen LogP contribution in [0.3, 0.4) is 0 Å². The molecule has 0 aliphatic heterocycles. The summed E-state index contributed by atoms with van der Waals surface area (Å²) in [6.45, 7) is 5.30. The van der Waals surface area contributed by atoms with Gasteiger partial charge in [0.05, 0.1) is 0 Å². The third-order valence-electron chi connectivity index (χ3n) is 3.32. The molecular weight excluding hydrogens is 309 g/mol. The van der Waals surface area contributed by atoms with E-state index in [1.54, 1.807) is 6.07 Å². The van der Waals surface area contributed by atoms with E-state index in [-0.39, 0.29) is 0 Å². The Morgan fingerprint density at radius 1 is 1.20 bits per heavy atom. The SMILES string of the molecule is CCc1ccc(C(C)NCCc2ccc(Cl)cc2Cl)s1. The lowest BCUT2D eigenvalue weighted by Gasteiger charge is -2.12. The van der Waals surface area contributed by atoms with Crippen LogP contribution >= 0.6 is 34.5 Å². The number of aryl methyl sites for hydroxylation is 1. The number of thiophene rings is 1. The number of nitrogens with one attached hydrogen (secondary N) is 1. The third-order valence-corrected chi connectivity index (χ3v) is 5.32. The van der Waals surface area contributed by atoms with Gasteiger partial charge in [-0.2, -0.15) is 0 Å². The van der Waals surface area contributed by atoms with E-state index >= 15 is 0 Å². The number of benzene rings is 1. The van der Waals surface area contributed by atoms with E-state index in [9.17, 15) is 0 Å². The molecule has 1 atom stereocenters. The first-order chi connectivity index (χ1) is 9.60. The van der Waals surface area contributed by atoms with E-state index < -0.39 is 0 Å². The van der Waals surface area contributed by atoms with Gasteiger partial charge >= 0.3 is 0 Å². The van der Waals surface area contributed by atoms with E-state index in [2.05, 4.69) is 31.3 Å². The summed E-state index contributed by atoms with van der Waals surface area (Å²) < 4.78 is 0. The Balaban J connectivity index is 1.86. The van der Waals surface area contributed by atoms with Crippen LogP contribution in [0, 0.1) is 0 Å². The van der Waals surface area contributed by atoms with Crippen molar-refractivity contribution in [1.29, 1.82) is 0 Å². The van der Waals surface area contributed by atoms with Crippen molar-refractivity contribution >= 4 is 34.5 Å². The summed E-state index contributed by atoms with van der Waals surface area (Å²) in [5, 5.41) is 4.98. The van der Waals surface area contributed by atoms with Gasteiger partial charge in [0, 0.05) is 25.8 Å². The minimum Gasteiger partial charge on any atom is -0.309 e. The normalized spacial score (nSPS) is 12.6. The second-order valence-electron chi connectivity index (χ2n) is 4.82. The molecule has 4 heteroatoms. The molecule has 0 saturated carbocycles. The fourth-order valence-electron chi connectivity index (χ4n) is 2.07. The van der Waals surface area contributed by atoms with Gasteiger partial charge in [-0.15, -0.1) is 11.3 Å². The highest BCUT2D eigenvalue weighted by Crippen LogP contribution is 2.24. The lowest BCUT2D eigenvalue weighted by Crippen LogP contribution is -2.20. The first kappa shape index (κ1) is 15.8. The molecule has 0 aliphatic rings. The smallest absolute Gasteiger partial charge is 0.0453 e. The van der Waals surface area contributed by atoms with Gasteiger partial charge in [-0.25, -0.2) is 0 Å². The molecule has 0 amide bonds. The molecule has 20 heavy (non-hydrogen) atoms. The maximum atomic E-state index is 6.17. The predicted octanol–water partition coefficient (Wildman–Crippen LogP) is 5.51. The van der Waals surface area contributed by atoms with Crippen molar-refractivity contribution in [2.45, 2.75) is 32.7 Å². The maximum absolute atomic E-state index is 6.17. The lowest BCUT2D eigenvalue weighted by atomic mass is 10.1. The Hall–Kier alpha value is -0.540. The van der Waals surface area contributed by atoms with Gasteiger partial charge < -0.3 is 5.32 Å². The Bertz CT molecular complexity index is 565. The summed E-state index contributed by atoms with van der Waals surface area (Å²) in [5.41, 5.74) is 1.14. The van der Waals surface area contributed by atoms with E-state index in [4.69, 9.17) is 23.2 Å². The molecule has 2 aromatic rings. The average molecular weight is 328 g/mol. The summed E-state index contributed by atoms with van der Waals surface area (Å²) in [7, 11) is 0. The van der Waals surface area contributed by atoms with E-state index in [1.807, 2.05) is 23.5 Å². The van der Waals surface area contributed by atoms with Crippen molar-refractivity contribution in [2.75, 3.05) is 6.54 Å². The molecule has 1 aromatic carbocycles. The van der Waals surface area contributed by atoms with Gasteiger partial charge in [-0.05, 0) is 56.1 Å². The van der Waals surface area contributed by atoms with Crippen LogP contribution in [0.4, 0.5) is 0 Å². The Morgan fingerprint density at radius 2 is 2.00 bits per heavy atom. The van der Waals surface area contributed by atoms with E-state index in [0.29, 0.717) is 11.1 Å². The van der Waals surface area contributed by atoms with Crippen LogP contribution in [-0.2, 0) is 12.8 Å². The molecular formula is C16H19Cl2NS. The van der Waals surface area contributed by atoms with Gasteiger partial charge in [0.1, 0.15) is 0 Å². The number of halogens is 2. The van der Waals surface area contributed by atoms with Crippen LogP contribution in [0.15, 0.2) is 30.3 Å². The highest BCUT2D eigenvalue weighted by molar-refractivity contribution is 7.12. The van der Waals surface area contributed by atoms with Crippen LogP contribution in [0.2, 0.25) is 10.0 Å². The van der Waals surface area contributed by atoms with Gasteiger partial charge in [0.2, 0.25) is 0 Å². The molecule has 108 valence electrons. The summed E-state index contributed by atoms with van der Waals surface area (Å²) in [6.07, 6.45) is 2.02. The fraction of sp³-hybridized carbons (Fsp3) is 0.375. The van der Waals surface area contributed by atoms with Crippen LogP contribution in [-0.4, -0.2) is 6.54 Å². The minimum atomic E-state index is 0.381. The standard InChI is InChI=1S/C16H19Cl2NS/c1-3-14-6-7-16(20-14)11(2)19-9-8-12-4-5-13(17)10-15(12)18/h4-7,10-11,19H,3,8-9H2,1-2H3. The number of hydrogen-bond acceptors (Lipinski definition) is 2. The van der Waals surface area contributed by atoms with Crippen LogP contribution in [0.5, 0.6) is 0 Å². The second kappa shape index (κ2) is 7.46. The highest BCUT2D eigenvalue weighted by atomic mass is 35.5. The Kier molecular flexibility index (Phi) is 5.91. The number of rotatable bonds is 6. The van der Waals surface area contributed by atoms with Crippen molar-refractivity contribution in [2.24, 2.45) is 0 Å². The lowest BCUT2D eigenvalue weighted by molar-refractivity contribution is 0.585.